The summed E-state index contributed by atoms with van der Waals surface area (Å²) in [6.45, 7) is 14.5. The molecule has 0 aromatic carbocycles. The first kappa shape index (κ1) is 17.0. The molecule has 0 heterocycles. The summed E-state index contributed by atoms with van der Waals surface area (Å²) in [6, 6.07) is 0. The van der Waals surface area contributed by atoms with Gasteiger partial charge in [0.15, 0.2) is 0 Å². The fourth-order valence-corrected chi connectivity index (χ4v) is 5.60. The Morgan fingerprint density at radius 2 is 1.79 bits per heavy atom. The van der Waals surface area contributed by atoms with Gasteiger partial charge in [-0.2, -0.15) is 0 Å². The summed E-state index contributed by atoms with van der Waals surface area (Å²) in [4.78, 5) is 0. The van der Waals surface area contributed by atoms with Gasteiger partial charge in [-0.15, -0.1) is 0 Å². The molecule has 112 valence electrons. The predicted molar refractivity (Wildman–Crippen MR) is 88.1 cm³/mol. The van der Waals surface area contributed by atoms with Crippen LogP contribution < -0.4 is 0 Å². The van der Waals surface area contributed by atoms with Crippen molar-refractivity contribution in [2.24, 2.45) is 11.8 Å². The summed E-state index contributed by atoms with van der Waals surface area (Å²) in [5.41, 5.74) is 2.52. The molecule has 19 heavy (non-hydrogen) atoms. The fraction of sp³-hybridized carbons (Fsp3) is 0.882. The molecular weight excluding hydrogens is 248 g/mol. The molecule has 0 aliphatic heterocycles. The topological polar surface area (TPSA) is 20.2 Å². The van der Waals surface area contributed by atoms with E-state index in [0.29, 0.717) is 11.0 Å². The lowest BCUT2D eigenvalue weighted by Crippen LogP contribution is -2.40. The largest absolute Gasteiger partial charge is 0.393 e. The van der Waals surface area contributed by atoms with Crippen LogP contribution in [0.2, 0.25) is 18.1 Å². The van der Waals surface area contributed by atoms with E-state index in [0.717, 1.165) is 18.8 Å². The van der Waals surface area contributed by atoms with Crippen LogP contribution in [0.15, 0.2) is 11.8 Å². The molecule has 0 amide bonds. The van der Waals surface area contributed by atoms with Crippen LogP contribution in [-0.4, -0.2) is 19.3 Å². The van der Waals surface area contributed by atoms with Gasteiger partial charge in [-0.1, -0.05) is 65.4 Å². The Labute approximate surface area is 121 Å². The molecule has 0 spiro atoms. The van der Waals surface area contributed by atoms with Crippen molar-refractivity contribution in [3.05, 3.63) is 11.8 Å². The van der Waals surface area contributed by atoms with Crippen LogP contribution in [0, 0.1) is 11.8 Å². The molecule has 0 aromatic heterocycles. The minimum absolute atomic E-state index is 0.0544. The van der Waals surface area contributed by atoms with Gasteiger partial charge in [-0.05, 0) is 36.1 Å². The third-order valence-electron chi connectivity index (χ3n) is 5.95. The molecule has 0 unspecified atom stereocenters. The molecule has 2 heteroatoms. The summed E-state index contributed by atoms with van der Waals surface area (Å²) in [5, 5.41) is 10.4. The van der Waals surface area contributed by atoms with Crippen LogP contribution in [0.25, 0.3) is 0 Å². The first-order valence-corrected chi connectivity index (χ1v) is 11.1. The fourth-order valence-electron chi connectivity index (χ4n) is 2.96. The van der Waals surface area contributed by atoms with E-state index in [1.165, 1.54) is 19.3 Å². The number of aliphatic hydroxyl groups is 1. The highest BCUT2D eigenvalue weighted by Gasteiger charge is 2.39. The maximum atomic E-state index is 10.0. The second kappa shape index (κ2) is 6.58. The van der Waals surface area contributed by atoms with E-state index in [1.54, 1.807) is 0 Å². The van der Waals surface area contributed by atoms with Crippen molar-refractivity contribution in [3.8, 4) is 0 Å². The average molecular weight is 283 g/mol. The molecule has 0 saturated heterocycles. The monoisotopic (exact) mass is 282 g/mol. The van der Waals surface area contributed by atoms with Gasteiger partial charge < -0.3 is 5.11 Å². The van der Waals surface area contributed by atoms with Gasteiger partial charge in [-0.3, -0.25) is 0 Å². The van der Waals surface area contributed by atoms with Crippen LogP contribution in [0.4, 0.5) is 0 Å². The first-order chi connectivity index (χ1) is 8.68. The minimum Gasteiger partial charge on any atom is -0.393 e. The number of hydrogen-bond acceptors (Lipinski definition) is 1. The normalized spacial score (nSPS) is 26.3. The van der Waals surface area contributed by atoms with Crippen molar-refractivity contribution in [3.63, 3.8) is 0 Å². The molecule has 1 saturated carbocycles. The van der Waals surface area contributed by atoms with E-state index < -0.39 is 8.07 Å². The second-order valence-electron chi connectivity index (χ2n) is 7.85. The standard InChI is InChI=1S/C17H34OSi/c1-14(2)17(3,4)19(5,6)13-9-11-15-10-7-8-12-16(15)18/h9,13-16,18H,7-8,10-12H2,1-6H3/b13-9+/t15-,16+/m1/s1. The van der Waals surface area contributed by atoms with Gasteiger partial charge in [0.25, 0.3) is 0 Å². The maximum absolute atomic E-state index is 10.0. The molecule has 1 N–H and O–H groups in total. The lowest BCUT2D eigenvalue weighted by Gasteiger charge is -2.41. The Morgan fingerprint density at radius 3 is 2.32 bits per heavy atom. The predicted octanol–water partition coefficient (Wildman–Crippen LogP) is 5.17. The smallest absolute Gasteiger partial charge is 0.0771 e. The number of allylic oxidation sites excluding steroid dienone is 1. The Kier molecular flexibility index (Phi) is 5.88. The summed E-state index contributed by atoms with van der Waals surface area (Å²) < 4.78 is 0. The van der Waals surface area contributed by atoms with Crippen LogP contribution in [0.1, 0.15) is 59.8 Å². The zero-order chi connectivity index (χ0) is 14.7. The van der Waals surface area contributed by atoms with Crippen LogP contribution in [0.3, 0.4) is 0 Å². The van der Waals surface area contributed by atoms with Crippen LogP contribution >= 0.6 is 0 Å². The summed E-state index contributed by atoms with van der Waals surface area (Å²) in [6.07, 6.45) is 8.14. The number of hydrogen-bond donors (Lipinski definition) is 1. The van der Waals surface area contributed by atoms with Crippen molar-refractivity contribution in [1.82, 2.24) is 0 Å². The highest BCUT2D eigenvalue weighted by Crippen LogP contribution is 2.44. The van der Waals surface area contributed by atoms with E-state index >= 15 is 0 Å². The molecular formula is C17H34OSi. The molecule has 0 aromatic rings. The molecule has 0 radical (unpaired) electrons. The number of aliphatic hydroxyl groups excluding tert-OH is 1. The van der Waals surface area contributed by atoms with Crippen molar-refractivity contribution in [2.75, 3.05) is 0 Å². The molecule has 1 fully saturated rings. The van der Waals surface area contributed by atoms with Crippen LogP contribution in [-0.2, 0) is 0 Å². The van der Waals surface area contributed by atoms with E-state index in [-0.39, 0.29) is 6.10 Å². The van der Waals surface area contributed by atoms with Crippen molar-refractivity contribution in [2.45, 2.75) is 84.0 Å². The Balaban J connectivity index is 2.60. The SMILES string of the molecule is CC(C)C(C)(C)[Si](C)(C)/C=C/C[C@H]1CCCC[C@@H]1O. The van der Waals surface area contributed by atoms with Gasteiger partial charge in [0.2, 0.25) is 0 Å². The second-order valence-corrected chi connectivity index (χ2v) is 12.9. The van der Waals surface area contributed by atoms with Gasteiger partial charge in [0, 0.05) is 0 Å². The first-order valence-electron chi connectivity index (χ1n) is 8.04. The minimum atomic E-state index is -1.36. The van der Waals surface area contributed by atoms with Crippen molar-refractivity contribution in [1.29, 1.82) is 0 Å². The summed E-state index contributed by atoms with van der Waals surface area (Å²) >= 11 is 0. The lowest BCUT2D eigenvalue weighted by atomic mass is 9.84. The molecule has 1 aliphatic carbocycles. The molecule has 1 rings (SSSR count). The summed E-state index contributed by atoms with van der Waals surface area (Å²) in [5.74, 6) is 1.23. The lowest BCUT2D eigenvalue weighted by molar-refractivity contribution is 0.0714. The summed E-state index contributed by atoms with van der Waals surface area (Å²) in [7, 11) is -1.36. The number of rotatable bonds is 5. The zero-order valence-electron chi connectivity index (χ0n) is 13.9. The maximum Gasteiger partial charge on any atom is 0.0771 e. The highest BCUT2D eigenvalue weighted by atomic mass is 28.3. The van der Waals surface area contributed by atoms with Gasteiger partial charge in [-0.25, -0.2) is 0 Å². The van der Waals surface area contributed by atoms with E-state index in [2.05, 4.69) is 52.6 Å². The van der Waals surface area contributed by atoms with Crippen molar-refractivity contribution >= 4 is 8.07 Å². The van der Waals surface area contributed by atoms with Gasteiger partial charge in [0.05, 0.1) is 14.2 Å². The Morgan fingerprint density at radius 1 is 1.21 bits per heavy atom. The van der Waals surface area contributed by atoms with Crippen LogP contribution in [0.5, 0.6) is 0 Å². The zero-order valence-corrected chi connectivity index (χ0v) is 14.9. The Hall–Kier alpha value is -0.0831. The van der Waals surface area contributed by atoms with E-state index in [1.807, 2.05) is 0 Å². The van der Waals surface area contributed by atoms with Gasteiger partial charge in [0.1, 0.15) is 0 Å². The van der Waals surface area contributed by atoms with E-state index in [9.17, 15) is 5.11 Å². The third kappa shape index (κ3) is 4.19. The third-order valence-corrected chi connectivity index (χ3v) is 10.9. The molecule has 1 nitrogen and oxygen atoms in total. The molecule has 0 bridgehead atoms. The van der Waals surface area contributed by atoms with Crippen molar-refractivity contribution < 1.29 is 5.11 Å². The van der Waals surface area contributed by atoms with Gasteiger partial charge >= 0.3 is 0 Å². The highest BCUT2D eigenvalue weighted by molar-refractivity contribution is 6.84. The van der Waals surface area contributed by atoms with E-state index in [4.69, 9.17) is 0 Å². The molecule has 2 atom stereocenters. The average Bonchev–Trinajstić information content (AvgIpc) is 2.31. The Bertz CT molecular complexity index is 304. The molecule has 1 aliphatic rings. The quantitative estimate of drug-likeness (QED) is 0.690.